The summed E-state index contributed by atoms with van der Waals surface area (Å²) >= 11 is 0. The van der Waals surface area contributed by atoms with Gasteiger partial charge in [0.1, 0.15) is 5.82 Å². The summed E-state index contributed by atoms with van der Waals surface area (Å²) in [6, 6.07) is 11.7. The molecule has 2 aromatic heterocycles. The molecule has 3 N–H and O–H groups in total. The molecular formula is C12H11N5. The highest BCUT2D eigenvalue weighted by Crippen LogP contribution is 2.21. The second-order valence-corrected chi connectivity index (χ2v) is 3.65. The minimum absolute atomic E-state index is 0.554. The van der Waals surface area contributed by atoms with E-state index in [0.29, 0.717) is 11.8 Å². The monoisotopic (exact) mass is 225 g/mol. The number of aromatic nitrogens is 4. The van der Waals surface area contributed by atoms with Crippen molar-refractivity contribution >= 4 is 5.82 Å². The van der Waals surface area contributed by atoms with Crippen molar-refractivity contribution in [2.75, 3.05) is 5.73 Å². The Hall–Kier alpha value is -2.56. The molecule has 1 aromatic carbocycles. The molecule has 5 nitrogen and oxygen atoms in total. The van der Waals surface area contributed by atoms with Gasteiger partial charge in [0.05, 0.1) is 5.69 Å². The molecule has 84 valence electrons. The Bertz CT molecular complexity index is 610. The quantitative estimate of drug-likeness (QED) is 0.699. The molecule has 0 saturated carbocycles. The largest absolute Gasteiger partial charge is 0.383 e. The molecule has 0 amide bonds. The van der Waals surface area contributed by atoms with Gasteiger partial charge < -0.3 is 10.7 Å². The number of hydrogen-bond donors (Lipinski definition) is 2. The lowest BCUT2D eigenvalue weighted by molar-refractivity contribution is 0.838. The SMILES string of the molecule is Nc1cc(-c2ccccc2)nn1-c1ncc[nH]1. The van der Waals surface area contributed by atoms with Crippen LogP contribution in [0.1, 0.15) is 0 Å². The van der Waals surface area contributed by atoms with Crippen LogP contribution in [-0.4, -0.2) is 19.7 Å². The van der Waals surface area contributed by atoms with Gasteiger partial charge in [-0.1, -0.05) is 30.3 Å². The summed E-state index contributed by atoms with van der Waals surface area (Å²) < 4.78 is 1.59. The molecule has 0 aliphatic carbocycles. The Labute approximate surface area is 97.9 Å². The van der Waals surface area contributed by atoms with E-state index in [9.17, 15) is 0 Å². The second kappa shape index (κ2) is 3.79. The summed E-state index contributed by atoms with van der Waals surface area (Å²) in [4.78, 5) is 7.09. The average Bonchev–Trinajstić information content (AvgIpc) is 2.99. The molecule has 0 radical (unpaired) electrons. The van der Waals surface area contributed by atoms with E-state index in [1.54, 1.807) is 17.1 Å². The number of hydrogen-bond acceptors (Lipinski definition) is 3. The van der Waals surface area contributed by atoms with Crippen LogP contribution in [0, 0.1) is 0 Å². The predicted molar refractivity (Wildman–Crippen MR) is 65.6 cm³/mol. The van der Waals surface area contributed by atoms with E-state index in [1.807, 2.05) is 36.4 Å². The maximum absolute atomic E-state index is 5.91. The lowest BCUT2D eigenvalue weighted by Crippen LogP contribution is -2.03. The highest BCUT2D eigenvalue weighted by atomic mass is 15.4. The lowest BCUT2D eigenvalue weighted by atomic mass is 10.2. The van der Waals surface area contributed by atoms with Gasteiger partial charge in [0.15, 0.2) is 0 Å². The van der Waals surface area contributed by atoms with E-state index < -0.39 is 0 Å². The van der Waals surface area contributed by atoms with Gasteiger partial charge in [-0.15, -0.1) is 0 Å². The van der Waals surface area contributed by atoms with Gasteiger partial charge in [0, 0.05) is 24.0 Å². The first-order valence-corrected chi connectivity index (χ1v) is 5.25. The fourth-order valence-corrected chi connectivity index (χ4v) is 1.69. The molecule has 2 heterocycles. The molecule has 0 saturated heterocycles. The van der Waals surface area contributed by atoms with Crippen LogP contribution in [0.25, 0.3) is 17.2 Å². The maximum Gasteiger partial charge on any atom is 0.229 e. The van der Waals surface area contributed by atoms with Gasteiger partial charge in [0.25, 0.3) is 0 Å². The van der Waals surface area contributed by atoms with E-state index in [1.165, 1.54) is 0 Å². The number of anilines is 1. The summed E-state index contributed by atoms with van der Waals surface area (Å²) in [5.41, 5.74) is 7.78. The number of benzene rings is 1. The van der Waals surface area contributed by atoms with Crippen LogP contribution < -0.4 is 5.73 Å². The number of nitrogens with two attached hydrogens (primary N) is 1. The third-order valence-electron chi connectivity index (χ3n) is 2.49. The average molecular weight is 225 g/mol. The second-order valence-electron chi connectivity index (χ2n) is 3.65. The van der Waals surface area contributed by atoms with Crippen molar-refractivity contribution in [2.45, 2.75) is 0 Å². The molecule has 0 spiro atoms. The van der Waals surface area contributed by atoms with Crippen LogP contribution in [0.4, 0.5) is 5.82 Å². The molecule has 0 bridgehead atoms. The van der Waals surface area contributed by atoms with E-state index >= 15 is 0 Å². The van der Waals surface area contributed by atoms with Crippen molar-refractivity contribution in [1.82, 2.24) is 19.7 Å². The Morgan fingerprint density at radius 1 is 1.18 bits per heavy atom. The summed E-state index contributed by atoms with van der Waals surface area (Å²) in [6.45, 7) is 0. The molecule has 5 heteroatoms. The van der Waals surface area contributed by atoms with Crippen LogP contribution >= 0.6 is 0 Å². The molecule has 3 aromatic rings. The fourth-order valence-electron chi connectivity index (χ4n) is 1.69. The molecule has 3 rings (SSSR count). The van der Waals surface area contributed by atoms with Gasteiger partial charge in [-0.2, -0.15) is 9.78 Å². The van der Waals surface area contributed by atoms with Crippen LogP contribution in [0.2, 0.25) is 0 Å². The first-order valence-electron chi connectivity index (χ1n) is 5.25. The van der Waals surface area contributed by atoms with Gasteiger partial charge in [-0.3, -0.25) is 0 Å². The zero-order chi connectivity index (χ0) is 11.7. The topological polar surface area (TPSA) is 72.5 Å². The van der Waals surface area contributed by atoms with Crippen molar-refractivity contribution < 1.29 is 0 Å². The van der Waals surface area contributed by atoms with Crippen molar-refractivity contribution in [1.29, 1.82) is 0 Å². The summed E-state index contributed by atoms with van der Waals surface area (Å²) in [5, 5.41) is 4.42. The Balaban J connectivity index is 2.08. The molecule has 0 fully saturated rings. The summed E-state index contributed by atoms with van der Waals surface area (Å²) in [6.07, 6.45) is 3.40. The molecular weight excluding hydrogens is 214 g/mol. The number of aromatic amines is 1. The van der Waals surface area contributed by atoms with Crippen LogP contribution in [0.15, 0.2) is 48.8 Å². The third kappa shape index (κ3) is 1.67. The van der Waals surface area contributed by atoms with E-state index in [-0.39, 0.29) is 0 Å². The van der Waals surface area contributed by atoms with Crippen LogP contribution in [0.3, 0.4) is 0 Å². The highest BCUT2D eigenvalue weighted by Gasteiger charge is 2.09. The van der Waals surface area contributed by atoms with Crippen molar-refractivity contribution in [3.63, 3.8) is 0 Å². The standard InChI is InChI=1S/C12H11N5/c13-11-8-10(9-4-2-1-3-5-9)16-17(11)12-14-6-7-15-12/h1-8H,13H2,(H,14,15). The van der Waals surface area contributed by atoms with E-state index in [2.05, 4.69) is 15.1 Å². The fraction of sp³-hybridized carbons (Fsp3) is 0. The lowest BCUT2D eigenvalue weighted by Gasteiger charge is -1.97. The van der Waals surface area contributed by atoms with Gasteiger partial charge >= 0.3 is 0 Å². The number of nitrogens with one attached hydrogen (secondary N) is 1. The van der Waals surface area contributed by atoms with E-state index in [4.69, 9.17) is 5.73 Å². The highest BCUT2D eigenvalue weighted by molar-refractivity contribution is 5.62. The number of nitrogen functional groups attached to an aromatic ring is 1. The zero-order valence-electron chi connectivity index (χ0n) is 9.04. The van der Waals surface area contributed by atoms with Crippen LogP contribution in [-0.2, 0) is 0 Å². The first kappa shape index (κ1) is 9.65. The van der Waals surface area contributed by atoms with E-state index in [0.717, 1.165) is 11.3 Å². The van der Waals surface area contributed by atoms with Gasteiger partial charge in [0.2, 0.25) is 5.95 Å². The van der Waals surface area contributed by atoms with Crippen molar-refractivity contribution in [3.8, 4) is 17.2 Å². The maximum atomic E-state index is 5.91. The molecule has 0 atom stereocenters. The Morgan fingerprint density at radius 3 is 2.71 bits per heavy atom. The molecule has 0 aliphatic rings. The predicted octanol–water partition coefficient (Wildman–Crippen LogP) is 1.84. The summed E-state index contributed by atoms with van der Waals surface area (Å²) in [5.74, 6) is 1.17. The normalized spacial score (nSPS) is 10.6. The number of H-pyrrole nitrogens is 1. The first-order chi connectivity index (χ1) is 8.34. The van der Waals surface area contributed by atoms with Crippen LogP contribution in [0.5, 0.6) is 0 Å². The number of imidazole rings is 1. The molecule has 17 heavy (non-hydrogen) atoms. The van der Waals surface area contributed by atoms with Gasteiger partial charge in [-0.25, -0.2) is 4.98 Å². The number of rotatable bonds is 2. The zero-order valence-corrected chi connectivity index (χ0v) is 9.04. The summed E-state index contributed by atoms with van der Waals surface area (Å²) in [7, 11) is 0. The van der Waals surface area contributed by atoms with Crippen molar-refractivity contribution in [3.05, 3.63) is 48.8 Å². The van der Waals surface area contributed by atoms with Crippen molar-refractivity contribution in [2.24, 2.45) is 0 Å². The minimum atomic E-state index is 0.554. The Morgan fingerprint density at radius 2 is 2.00 bits per heavy atom. The number of nitrogens with zero attached hydrogens (tertiary/aromatic N) is 3. The minimum Gasteiger partial charge on any atom is -0.383 e. The smallest absolute Gasteiger partial charge is 0.229 e. The third-order valence-corrected chi connectivity index (χ3v) is 2.49. The molecule has 0 unspecified atom stereocenters. The molecule has 0 aliphatic heterocycles. The van der Waals surface area contributed by atoms with Gasteiger partial charge in [-0.05, 0) is 0 Å². The Kier molecular flexibility index (Phi) is 2.15.